The van der Waals surface area contributed by atoms with Crippen LogP contribution in [0.25, 0.3) is 0 Å². The van der Waals surface area contributed by atoms with Gasteiger partial charge >= 0.3 is 24.7 Å². The SMILES string of the molecule is CCOC(=O)c1nnc(NC(=O)NC(Cc2ccccc2)(c2cccc(OC(F)(F)F)c2)c2cccc(OC(F)(F)F)c2)s1. The van der Waals surface area contributed by atoms with Crippen LogP contribution in [0.2, 0.25) is 0 Å². The lowest BCUT2D eigenvalue weighted by atomic mass is 9.77. The Morgan fingerprint density at radius 2 is 1.36 bits per heavy atom. The smallest absolute Gasteiger partial charge is 0.461 e. The predicted octanol–water partition coefficient (Wildman–Crippen LogP) is 6.82. The summed E-state index contributed by atoms with van der Waals surface area (Å²) in [6.07, 6.45) is -10.3. The Balaban J connectivity index is 1.84. The van der Waals surface area contributed by atoms with Crippen molar-refractivity contribution in [2.75, 3.05) is 11.9 Å². The van der Waals surface area contributed by atoms with Gasteiger partial charge in [-0.3, -0.25) is 5.32 Å². The summed E-state index contributed by atoms with van der Waals surface area (Å²) in [6.45, 7) is 1.65. The van der Waals surface area contributed by atoms with Gasteiger partial charge in [-0.25, -0.2) is 9.59 Å². The van der Waals surface area contributed by atoms with Crippen LogP contribution in [-0.4, -0.2) is 41.5 Å². The van der Waals surface area contributed by atoms with Gasteiger partial charge in [-0.05, 0) is 47.9 Å². The van der Waals surface area contributed by atoms with E-state index in [2.05, 4.69) is 30.3 Å². The Hall–Kier alpha value is -4.86. The Kier molecular flexibility index (Phi) is 9.62. The second kappa shape index (κ2) is 13.2. The molecule has 0 bridgehead atoms. The van der Waals surface area contributed by atoms with Crippen LogP contribution in [0, 0.1) is 0 Å². The third-order valence-corrected chi connectivity index (χ3v) is 6.67. The summed E-state index contributed by atoms with van der Waals surface area (Å²) < 4.78 is 91.9. The van der Waals surface area contributed by atoms with Crippen molar-refractivity contribution in [3.63, 3.8) is 0 Å². The quantitative estimate of drug-likeness (QED) is 0.145. The lowest BCUT2D eigenvalue weighted by Gasteiger charge is -2.36. The molecule has 0 atom stereocenters. The van der Waals surface area contributed by atoms with E-state index in [0.717, 1.165) is 24.3 Å². The van der Waals surface area contributed by atoms with Gasteiger partial charge in [0, 0.05) is 6.42 Å². The van der Waals surface area contributed by atoms with E-state index < -0.39 is 41.8 Å². The summed E-state index contributed by atoms with van der Waals surface area (Å²) in [5.41, 5.74) is -1.23. The first kappa shape index (κ1) is 32.1. The van der Waals surface area contributed by atoms with E-state index in [1.807, 2.05) is 0 Å². The number of rotatable bonds is 10. The van der Waals surface area contributed by atoms with Crippen LogP contribution < -0.4 is 20.1 Å². The molecule has 0 saturated heterocycles. The zero-order chi connectivity index (χ0) is 32.0. The van der Waals surface area contributed by atoms with Crippen molar-refractivity contribution in [3.8, 4) is 11.5 Å². The molecule has 0 unspecified atom stereocenters. The summed E-state index contributed by atoms with van der Waals surface area (Å²) in [5.74, 6) is -2.05. The number of carbonyl (C=O) groups is 2. The average molecular weight is 641 g/mol. The summed E-state index contributed by atoms with van der Waals surface area (Å²) in [4.78, 5) is 25.5. The monoisotopic (exact) mass is 640 g/mol. The molecule has 0 aliphatic carbocycles. The summed E-state index contributed by atoms with van der Waals surface area (Å²) in [6, 6.07) is 16.7. The number of amides is 2. The molecule has 0 radical (unpaired) electrons. The molecule has 232 valence electrons. The van der Waals surface area contributed by atoms with Crippen molar-refractivity contribution >= 4 is 28.5 Å². The van der Waals surface area contributed by atoms with E-state index >= 15 is 0 Å². The number of nitrogens with zero attached hydrogens (tertiary/aromatic N) is 2. The fourth-order valence-corrected chi connectivity index (χ4v) is 4.88. The van der Waals surface area contributed by atoms with Gasteiger partial charge in [0.25, 0.3) is 0 Å². The number of nitrogens with one attached hydrogen (secondary N) is 2. The largest absolute Gasteiger partial charge is 0.573 e. The summed E-state index contributed by atoms with van der Waals surface area (Å²) in [7, 11) is 0. The number of alkyl halides is 6. The van der Waals surface area contributed by atoms with Crippen LogP contribution in [0.5, 0.6) is 11.5 Å². The van der Waals surface area contributed by atoms with Gasteiger partial charge in [-0.15, -0.1) is 36.5 Å². The molecule has 0 fully saturated rings. The average Bonchev–Trinajstić information content (AvgIpc) is 3.40. The first-order valence-corrected chi connectivity index (χ1v) is 13.4. The highest BCUT2D eigenvalue weighted by atomic mass is 32.1. The third-order valence-electron chi connectivity index (χ3n) is 5.86. The molecule has 0 aliphatic heterocycles. The highest BCUT2D eigenvalue weighted by molar-refractivity contribution is 7.17. The van der Waals surface area contributed by atoms with Gasteiger partial charge in [0.15, 0.2) is 0 Å². The fraction of sp³-hybridized carbons (Fsp3) is 0.214. The van der Waals surface area contributed by atoms with Gasteiger partial charge in [-0.1, -0.05) is 65.9 Å². The van der Waals surface area contributed by atoms with E-state index in [9.17, 15) is 35.9 Å². The van der Waals surface area contributed by atoms with Crippen LogP contribution in [0.4, 0.5) is 36.3 Å². The number of halogens is 6. The standard InChI is InChI=1S/C28H22F6N4O5S/c1-2-41-23(39)22-37-38-25(44-22)35-24(40)36-26(16-17-8-4-3-5-9-17,18-10-6-12-20(14-18)42-27(29,30)31)19-11-7-13-21(15-19)43-28(32,33)34/h3-15H,2,16H2,1H3,(H2,35,36,38,40). The number of urea groups is 1. The minimum atomic E-state index is -5.06. The molecule has 1 heterocycles. The maximum absolute atomic E-state index is 13.5. The minimum Gasteiger partial charge on any atom is -0.461 e. The van der Waals surface area contributed by atoms with Crippen molar-refractivity contribution in [1.29, 1.82) is 0 Å². The Bertz CT molecular complexity index is 1540. The van der Waals surface area contributed by atoms with E-state index in [4.69, 9.17) is 4.74 Å². The highest BCUT2D eigenvalue weighted by Crippen LogP contribution is 2.38. The van der Waals surface area contributed by atoms with Crippen LogP contribution in [0.3, 0.4) is 0 Å². The topological polar surface area (TPSA) is 112 Å². The second-order valence-corrected chi connectivity index (χ2v) is 9.91. The van der Waals surface area contributed by atoms with Gasteiger partial charge in [0.2, 0.25) is 10.1 Å². The third kappa shape index (κ3) is 8.59. The van der Waals surface area contributed by atoms with Gasteiger partial charge < -0.3 is 19.5 Å². The van der Waals surface area contributed by atoms with Crippen molar-refractivity contribution in [2.24, 2.45) is 0 Å². The molecule has 3 aromatic carbocycles. The Morgan fingerprint density at radius 3 is 1.89 bits per heavy atom. The minimum absolute atomic E-state index is 0.0203. The first-order chi connectivity index (χ1) is 20.8. The van der Waals surface area contributed by atoms with E-state index in [0.29, 0.717) is 16.9 Å². The zero-order valence-electron chi connectivity index (χ0n) is 22.5. The second-order valence-electron chi connectivity index (χ2n) is 8.93. The van der Waals surface area contributed by atoms with Gasteiger partial charge in [-0.2, -0.15) is 0 Å². The maximum atomic E-state index is 13.5. The number of benzene rings is 3. The lowest BCUT2D eigenvalue weighted by molar-refractivity contribution is -0.275. The maximum Gasteiger partial charge on any atom is 0.573 e. The van der Waals surface area contributed by atoms with Crippen molar-refractivity contribution < 1.29 is 50.1 Å². The molecule has 2 N–H and O–H groups in total. The van der Waals surface area contributed by atoms with Crippen LogP contribution in [0.15, 0.2) is 78.9 Å². The number of esters is 1. The number of aromatic nitrogens is 2. The molecule has 2 amide bonds. The molecule has 0 spiro atoms. The van der Waals surface area contributed by atoms with Crippen LogP contribution in [-0.2, 0) is 16.7 Å². The van der Waals surface area contributed by atoms with Crippen molar-refractivity contribution in [2.45, 2.75) is 31.6 Å². The van der Waals surface area contributed by atoms with Gasteiger partial charge in [0.1, 0.15) is 11.5 Å². The predicted molar refractivity (Wildman–Crippen MR) is 145 cm³/mol. The molecule has 9 nitrogen and oxygen atoms in total. The molecule has 4 aromatic rings. The highest BCUT2D eigenvalue weighted by Gasteiger charge is 2.39. The number of ether oxygens (including phenoxy) is 3. The number of carbonyl (C=O) groups excluding carboxylic acids is 2. The molecule has 0 aliphatic rings. The summed E-state index contributed by atoms with van der Waals surface area (Å²) >= 11 is 0.690. The molecule has 16 heteroatoms. The zero-order valence-corrected chi connectivity index (χ0v) is 23.3. The molecule has 44 heavy (non-hydrogen) atoms. The normalized spacial score (nSPS) is 11.9. The molecular weight excluding hydrogens is 618 g/mol. The van der Waals surface area contributed by atoms with E-state index in [-0.39, 0.29) is 34.3 Å². The van der Waals surface area contributed by atoms with Crippen molar-refractivity contribution in [1.82, 2.24) is 15.5 Å². The number of anilines is 1. The number of hydrogen-bond acceptors (Lipinski definition) is 8. The molecular formula is C28H22F6N4O5S. The first-order valence-electron chi connectivity index (χ1n) is 12.6. The molecule has 0 saturated carbocycles. The van der Waals surface area contributed by atoms with E-state index in [1.54, 1.807) is 37.3 Å². The lowest BCUT2D eigenvalue weighted by Crippen LogP contribution is -2.50. The Morgan fingerprint density at radius 1 is 0.795 bits per heavy atom. The molecule has 1 aromatic heterocycles. The Labute approximate surface area is 249 Å². The van der Waals surface area contributed by atoms with Gasteiger partial charge in [0.05, 0.1) is 12.1 Å². The van der Waals surface area contributed by atoms with Crippen molar-refractivity contribution in [3.05, 3.63) is 101 Å². The number of hydrogen-bond donors (Lipinski definition) is 2. The van der Waals surface area contributed by atoms with Crippen LogP contribution in [0.1, 0.15) is 33.4 Å². The van der Waals surface area contributed by atoms with E-state index in [1.165, 1.54) is 24.3 Å². The van der Waals surface area contributed by atoms with Crippen LogP contribution >= 0.6 is 11.3 Å². The fourth-order valence-electron chi connectivity index (χ4n) is 4.25. The molecule has 4 rings (SSSR count). The summed E-state index contributed by atoms with van der Waals surface area (Å²) in [5, 5.41) is 12.2.